The number of nitrogens with zero attached hydrogens (tertiary/aromatic N) is 1. The third-order valence-corrected chi connectivity index (χ3v) is 4.80. The summed E-state index contributed by atoms with van der Waals surface area (Å²) in [6, 6.07) is 5.10. The summed E-state index contributed by atoms with van der Waals surface area (Å²) in [5.41, 5.74) is -0.410. The minimum Gasteiger partial charge on any atom is -0.481 e. The van der Waals surface area contributed by atoms with Crippen LogP contribution in [-0.2, 0) is 4.79 Å². The minimum absolute atomic E-state index is 0.208. The van der Waals surface area contributed by atoms with Gasteiger partial charge in [0.25, 0.3) is 5.91 Å². The molecule has 1 saturated heterocycles. The number of carbonyl (C=O) groups excluding carboxylic acids is 1. The molecule has 1 heterocycles. The molecule has 1 amide bonds. The highest BCUT2D eigenvalue weighted by Gasteiger charge is 2.45. The fourth-order valence-corrected chi connectivity index (χ4v) is 3.40. The Morgan fingerprint density at radius 3 is 2.81 bits per heavy atom. The quantitative estimate of drug-likeness (QED) is 0.871. The molecule has 1 aromatic rings. The molecule has 2 rings (SSSR count). The molecule has 114 valence electrons. The second-order valence-electron chi connectivity index (χ2n) is 5.44. The molecule has 0 aliphatic carbocycles. The standard InChI is InChI=1S/C15H17BrClNO3/c1-2-5-15(14(20)21)6-7-18(9-15)13(19)11-8-10(16)3-4-12(11)17/h3-4,8H,2,5-7,9H2,1H3,(H,20,21). The van der Waals surface area contributed by atoms with Crippen LogP contribution in [0.25, 0.3) is 0 Å². The molecule has 1 aliphatic rings. The number of hydrogen-bond acceptors (Lipinski definition) is 2. The first kappa shape index (κ1) is 16.3. The number of aliphatic carboxylic acids is 1. The summed E-state index contributed by atoms with van der Waals surface area (Å²) in [7, 11) is 0. The highest BCUT2D eigenvalue weighted by atomic mass is 79.9. The monoisotopic (exact) mass is 373 g/mol. The third-order valence-electron chi connectivity index (χ3n) is 3.98. The Morgan fingerprint density at radius 1 is 1.48 bits per heavy atom. The van der Waals surface area contributed by atoms with Gasteiger partial charge in [0.05, 0.1) is 16.0 Å². The van der Waals surface area contributed by atoms with Gasteiger partial charge in [-0.05, 0) is 31.0 Å². The highest BCUT2D eigenvalue weighted by Crippen LogP contribution is 2.36. The van der Waals surface area contributed by atoms with E-state index in [4.69, 9.17) is 11.6 Å². The molecule has 0 bridgehead atoms. The van der Waals surface area contributed by atoms with Crippen molar-refractivity contribution in [2.45, 2.75) is 26.2 Å². The van der Waals surface area contributed by atoms with E-state index in [-0.39, 0.29) is 12.5 Å². The van der Waals surface area contributed by atoms with Crippen molar-refractivity contribution in [2.24, 2.45) is 5.41 Å². The molecule has 1 atom stereocenters. The molecule has 21 heavy (non-hydrogen) atoms. The van der Waals surface area contributed by atoms with E-state index in [1.807, 2.05) is 6.92 Å². The molecule has 1 aliphatic heterocycles. The topological polar surface area (TPSA) is 57.6 Å². The summed E-state index contributed by atoms with van der Waals surface area (Å²) in [6.45, 7) is 2.66. The minimum atomic E-state index is -0.819. The maximum atomic E-state index is 12.6. The van der Waals surface area contributed by atoms with E-state index in [2.05, 4.69) is 15.9 Å². The first-order valence-electron chi connectivity index (χ1n) is 6.87. The van der Waals surface area contributed by atoms with E-state index in [0.29, 0.717) is 30.0 Å². The van der Waals surface area contributed by atoms with Gasteiger partial charge < -0.3 is 10.0 Å². The van der Waals surface area contributed by atoms with E-state index < -0.39 is 11.4 Å². The van der Waals surface area contributed by atoms with Crippen LogP contribution in [0.2, 0.25) is 5.02 Å². The zero-order valence-electron chi connectivity index (χ0n) is 11.7. The lowest BCUT2D eigenvalue weighted by molar-refractivity contribution is -0.148. The van der Waals surface area contributed by atoms with Crippen LogP contribution in [0.15, 0.2) is 22.7 Å². The molecule has 0 radical (unpaired) electrons. The van der Waals surface area contributed by atoms with Crippen LogP contribution < -0.4 is 0 Å². The fraction of sp³-hybridized carbons (Fsp3) is 0.467. The van der Waals surface area contributed by atoms with E-state index >= 15 is 0 Å². The van der Waals surface area contributed by atoms with Gasteiger partial charge in [-0.3, -0.25) is 9.59 Å². The summed E-state index contributed by atoms with van der Waals surface area (Å²) >= 11 is 9.40. The number of carboxylic acid groups (broad SMARTS) is 1. The van der Waals surface area contributed by atoms with Gasteiger partial charge in [-0.1, -0.05) is 40.9 Å². The summed E-state index contributed by atoms with van der Waals surface area (Å²) in [5, 5.41) is 9.87. The predicted molar refractivity (Wildman–Crippen MR) is 84.6 cm³/mol. The molecular weight excluding hydrogens is 358 g/mol. The zero-order chi connectivity index (χ0) is 15.6. The van der Waals surface area contributed by atoms with Crippen LogP contribution in [0, 0.1) is 5.41 Å². The molecule has 0 aromatic heterocycles. The van der Waals surface area contributed by atoms with Crippen LogP contribution >= 0.6 is 27.5 Å². The van der Waals surface area contributed by atoms with Crippen molar-refractivity contribution in [3.8, 4) is 0 Å². The second kappa shape index (κ2) is 6.36. The Balaban J connectivity index is 2.22. The molecular formula is C15H17BrClNO3. The Kier molecular flexibility index (Phi) is 4.94. The summed E-state index contributed by atoms with van der Waals surface area (Å²) < 4.78 is 0.771. The number of carbonyl (C=O) groups is 2. The Labute approximate surface area is 137 Å². The lowest BCUT2D eigenvalue weighted by Crippen LogP contribution is -2.37. The number of amides is 1. The Morgan fingerprint density at radius 2 is 2.19 bits per heavy atom. The van der Waals surface area contributed by atoms with Crippen molar-refractivity contribution in [3.63, 3.8) is 0 Å². The lowest BCUT2D eigenvalue weighted by atomic mass is 9.83. The number of halogens is 2. The van der Waals surface area contributed by atoms with Gasteiger partial charge in [0.2, 0.25) is 0 Å². The van der Waals surface area contributed by atoms with Crippen LogP contribution in [0.5, 0.6) is 0 Å². The third kappa shape index (κ3) is 3.24. The molecule has 0 spiro atoms. The number of carboxylic acids is 1. The largest absolute Gasteiger partial charge is 0.481 e. The molecule has 6 heteroatoms. The molecule has 1 fully saturated rings. The van der Waals surface area contributed by atoms with E-state index in [1.165, 1.54) is 0 Å². The van der Waals surface area contributed by atoms with Gasteiger partial charge in [-0.2, -0.15) is 0 Å². The zero-order valence-corrected chi connectivity index (χ0v) is 14.1. The number of rotatable bonds is 4. The van der Waals surface area contributed by atoms with Gasteiger partial charge in [-0.25, -0.2) is 0 Å². The van der Waals surface area contributed by atoms with Crippen LogP contribution in [-0.4, -0.2) is 35.0 Å². The van der Waals surface area contributed by atoms with Crippen LogP contribution in [0.3, 0.4) is 0 Å². The van der Waals surface area contributed by atoms with Crippen LogP contribution in [0.1, 0.15) is 36.5 Å². The van der Waals surface area contributed by atoms with Crippen molar-refractivity contribution in [3.05, 3.63) is 33.3 Å². The van der Waals surface area contributed by atoms with Crippen molar-refractivity contribution >= 4 is 39.4 Å². The Bertz CT molecular complexity index is 578. The summed E-state index contributed by atoms with van der Waals surface area (Å²) in [4.78, 5) is 25.7. The Hall–Kier alpha value is -1.07. The second-order valence-corrected chi connectivity index (χ2v) is 6.76. The summed E-state index contributed by atoms with van der Waals surface area (Å²) in [6.07, 6.45) is 1.86. The number of benzene rings is 1. The molecule has 1 aromatic carbocycles. The average Bonchev–Trinajstić information content (AvgIpc) is 2.87. The first-order chi connectivity index (χ1) is 9.89. The van der Waals surface area contributed by atoms with Crippen molar-refractivity contribution < 1.29 is 14.7 Å². The number of hydrogen-bond donors (Lipinski definition) is 1. The van der Waals surface area contributed by atoms with Crippen molar-refractivity contribution in [2.75, 3.05) is 13.1 Å². The predicted octanol–water partition coefficient (Wildman–Crippen LogP) is 3.82. The van der Waals surface area contributed by atoms with Crippen LogP contribution in [0.4, 0.5) is 0 Å². The molecule has 0 saturated carbocycles. The summed E-state index contributed by atoms with van der Waals surface area (Å²) in [5.74, 6) is -1.03. The van der Waals surface area contributed by atoms with E-state index in [1.54, 1.807) is 23.1 Å². The molecule has 4 nitrogen and oxygen atoms in total. The normalized spacial score (nSPS) is 21.6. The molecule has 1 unspecified atom stereocenters. The first-order valence-corrected chi connectivity index (χ1v) is 8.04. The average molecular weight is 375 g/mol. The van der Waals surface area contributed by atoms with E-state index in [0.717, 1.165) is 10.9 Å². The maximum Gasteiger partial charge on any atom is 0.311 e. The fourth-order valence-electron chi connectivity index (χ4n) is 2.84. The van der Waals surface area contributed by atoms with Crippen molar-refractivity contribution in [1.29, 1.82) is 0 Å². The van der Waals surface area contributed by atoms with Crippen molar-refractivity contribution in [1.82, 2.24) is 4.90 Å². The number of likely N-dealkylation sites (tertiary alicyclic amines) is 1. The molecule has 1 N–H and O–H groups in total. The smallest absolute Gasteiger partial charge is 0.311 e. The highest BCUT2D eigenvalue weighted by molar-refractivity contribution is 9.10. The maximum absolute atomic E-state index is 12.6. The van der Waals surface area contributed by atoms with E-state index in [9.17, 15) is 14.7 Å². The SMILES string of the molecule is CCCC1(C(=O)O)CCN(C(=O)c2cc(Br)ccc2Cl)C1. The van der Waals surface area contributed by atoms with Gasteiger partial charge in [0, 0.05) is 17.6 Å². The van der Waals surface area contributed by atoms with Gasteiger partial charge in [-0.15, -0.1) is 0 Å². The van der Waals surface area contributed by atoms with Gasteiger partial charge in [0.1, 0.15) is 0 Å². The lowest BCUT2D eigenvalue weighted by Gasteiger charge is -2.24. The van der Waals surface area contributed by atoms with Gasteiger partial charge >= 0.3 is 5.97 Å². The van der Waals surface area contributed by atoms with Gasteiger partial charge in [0.15, 0.2) is 0 Å².